The monoisotopic (exact) mass is 385 g/mol. The van der Waals surface area contributed by atoms with Gasteiger partial charge in [0.25, 0.3) is 0 Å². The lowest BCUT2D eigenvalue weighted by Crippen LogP contribution is -2.04. The molecule has 0 N–H and O–H groups in total. The van der Waals surface area contributed by atoms with Crippen LogP contribution in [0.1, 0.15) is 23.0 Å². The molecular formula is C24H19NO2S. The van der Waals surface area contributed by atoms with Crippen LogP contribution < -0.4 is 4.74 Å². The predicted molar refractivity (Wildman–Crippen MR) is 115 cm³/mol. The molecule has 1 unspecified atom stereocenters. The van der Waals surface area contributed by atoms with Crippen LogP contribution in [0.3, 0.4) is 0 Å². The van der Waals surface area contributed by atoms with Crippen molar-refractivity contribution in [2.45, 2.75) is 16.6 Å². The Hall–Kier alpha value is -2.98. The Balaban J connectivity index is 1.61. The number of methoxy groups -OCH3 is 1. The molecule has 5 rings (SSSR count). The van der Waals surface area contributed by atoms with E-state index >= 15 is 0 Å². The molecule has 4 aromatic rings. The number of hydrogen-bond acceptors (Lipinski definition) is 4. The van der Waals surface area contributed by atoms with Gasteiger partial charge < -0.3 is 9.15 Å². The molecule has 0 aliphatic carbocycles. The summed E-state index contributed by atoms with van der Waals surface area (Å²) in [6.45, 7) is 0. The third kappa shape index (κ3) is 3.20. The van der Waals surface area contributed by atoms with Crippen molar-refractivity contribution < 1.29 is 9.15 Å². The fourth-order valence-corrected chi connectivity index (χ4v) is 4.74. The second-order valence-corrected chi connectivity index (χ2v) is 8.01. The number of fused-ring (bicyclic) bond motifs is 2. The van der Waals surface area contributed by atoms with Gasteiger partial charge in [-0.05, 0) is 42.0 Å². The van der Waals surface area contributed by atoms with Gasteiger partial charge in [-0.25, -0.2) is 4.99 Å². The van der Waals surface area contributed by atoms with Crippen molar-refractivity contribution in [2.75, 3.05) is 7.11 Å². The molecule has 28 heavy (non-hydrogen) atoms. The number of aliphatic imine (C=N–C) groups is 1. The smallest absolute Gasteiger partial charge is 0.149 e. The van der Waals surface area contributed by atoms with E-state index in [4.69, 9.17) is 14.1 Å². The minimum absolute atomic E-state index is 0.228. The first-order valence-corrected chi connectivity index (χ1v) is 10.1. The second-order valence-electron chi connectivity index (χ2n) is 6.76. The van der Waals surface area contributed by atoms with E-state index in [-0.39, 0.29) is 5.25 Å². The first-order chi connectivity index (χ1) is 13.8. The molecular weight excluding hydrogens is 366 g/mol. The maximum atomic E-state index is 6.14. The number of nitrogens with zero attached hydrogens (tertiary/aromatic N) is 1. The van der Waals surface area contributed by atoms with E-state index in [1.807, 2.05) is 48.2 Å². The topological polar surface area (TPSA) is 34.7 Å². The van der Waals surface area contributed by atoms with Crippen LogP contribution in [0.5, 0.6) is 5.75 Å². The molecule has 0 fully saturated rings. The average molecular weight is 385 g/mol. The predicted octanol–water partition coefficient (Wildman–Crippen LogP) is 6.80. The third-order valence-electron chi connectivity index (χ3n) is 4.94. The van der Waals surface area contributed by atoms with Crippen LogP contribution in [0.4, 0.5) is 5.69 Å². The van der Waals surface area contributed by atoms with Crippen molar-refractivity contribution >= 4 is 34.1 Å². The summed E-state index contributed by atoms with van der Waals surface area (Å²) >= 11 is 1.84. The normalized spacial score (nSPS) is 16.3. The summed E-state index contributed by atoms with van der Waals surface area (Å²) in [4.78, 5) is 6.18. The fourth-order valence-electron chi connectivity index (χ4n) is 3.52. The van der Waals surface area contributed by atoms with Gasteiger partial charge in [0.15, 0.2) is 0 Å². The molecule has 0 saturated carbocycles. The maximum Gasteiger partial charge on any atom is 0.149 e. The number of benzene rings is 3. The molecule has 1 aliphatic heterocycles. The van der Waals surface area contributed by atoms with Gasteiger partial charge in [-0.15, -0.1) is 11.8 Å². The Morgan fingerprint density at radius 3 is 2.71 bits per heavy atom. The summed E-state index contributed by atoms with van der Waals surface area (Å²) in [7, 11) is 1.70. The molecule has 1 aromatic heterocycles. The fraction of sp³-hybridized carbons (Fsp3) is 0.125. The lowest BCUT2D eigenvalue weighted by molar-refractivity contribution is 0.414. The van der Waals surface area contributed by atoms with Crippen LogP contribution in [0.25, 0.3) is 11.0 Å². The second kappa shape index (κ2) is 7.21. The summed E-state index contributed by atoms with van der Waals surface area (Å²) in [5.74, 6) is 1.71. The molecule has 4 heteroatoms. The first-order valence-electron chi connectivity index (χ1n) is 9.26. The van der Waals surface area contributed by atoms with E-state index in [1.165, 1.54) is 10.5 Å². The van der Waals surface area contributed by atoms with E-state index in [9.17, 15) is 0 Å². The molecule has 138 valence electrons. The average Bonchev–Trinajstić information content (AvgIpc) is 3.08. The quantitative estimate of drug-likeness (QED) is 0.389. The van der Waals surface area contributed by atoms with Crippen molar-refractivity contribution in [3.63, 3.8) is 0 Å². The van der Waals surface area contributed by atoms with Gasteiger partial charge in [-0.1, -0.05) is 42.5 Å². The lowest BCUT2D eigenvalue weighted by Gasteiger charge is -2.16. The van der Waals surface area contributed by atoms with Crippen molar-refractivity contribution in [1.82, 2.24) is 0 Å². The van der Waals surface area contributed by atoms with Gasteiger partial charge in [0.1, 0.15) is 17.1 Å². The first kappa shape index (κ1) is 17.1. The Morgan fingerprint density at radius 2 is 1.82 bits per heavy atom. The summed E-state index contributed by atoms with van der Waals surface area (Å²) in [5, 5.41) is 1.33. The van der Waals surface area contributed by atoms with Gasteiger partial charge in [-0.3, -0.25) is 0 Å². The standard InChI is InChI=1S/C24H19NO2S/c1-26-18-9-6-8-17(13-18)24-15-20(25-19-10-3-5-12-23(19)28-24)22-14-16-7-2-4-11-21(16)27-22/h2-14,24H,15H2,1H3. The van der Waals surface area contributed by atoms with Crippen LogP contribution >= 0.6 is 11.8 Å². The molecule has 0 spiro atoms. The summed E-state index contributed by atoms with van der Waals surface area (Å²) < 4.78 is 11.6. The molecule has 0 saturated heterocycles. The zero-order valence-corrected chi connectivity index (χ0v) is 16.3. The molecule has 1 atom stereocenters. The van der Waals surface area contributed by atoms with E-state index in [2.05, 4.69) is 42.5 Å². The highest BCUT2D eigenvalue weighted by molar-refractivity contribution is 7.99. The number of thioether (sulfide) groups is 1. The highest BCUT2D eigenvalue weighted by Gasteiger charge is 2.24. The summed E-state index contributed by atoms with van der Waals surface area (Å²) in [6, 6.07) is 26.8. The SMILES string of the molecule is COc1cccc(C2CC(c3cc4ccccc4o3)=Nc3ccccc3S2)c1. The molecule has 0 bridgehead atoms. The minimum atomic E-state index is 0.228. The van der Waals surface area contributed by atoms with E-state index in [0.29, 0.717) is 0 Å². The third-order valence-corrected chi connectivity index (χ3v) is 6.27. The zero-order chi connectivity index (χ0) is 18.9. The number of hydrogen-bond donors (Lipinski definition) is 0. The number of para-hydroxylation sites is 2. The van der Waals surface area contributed by atoms with E-state index in [1.54, 1.807) is 7.11 Å². The Labute approximate surface area is 168 Å². The van der Waals surface area contributed by atoms with Crippen LogP contribution in [0.2, 0.25) is 0 Å². The van der Waals surface area contributed by atoms with Crippen molar-refractivity contribution in [3.05, 3.63) is 90.2 Å². The van der Waals surface area contributed by atoms with Gasteiger partial charge in [0.05, 0.1) is 18.5 Å². The van der Waals surface area contributed by atoms with Crippen LogP contribution in [0.15, 0.2) is 93.2 Å². The number of rotatable bonds is 3. The molecule has 1 aliphatic rings. The minimum Gasteiger partial charge on any atom is -0.497 e. The Morgan fingerprint density at radius 1 is 0.964 bits per heavy atom. The highest BCUT2D eigenvalue weighted by atomic mass is 32.2. The number of ether oxygens (including phenoxy) is 1. The molecule has 0 amide bonds. The summed E-state index contributed by atoms with van der Waals surface area (Å²) in [6.07, 6.45) is 0.784. The van der Waals surface area contributed by atoms with E-state index < -0.39 is 0 Å². The largest absolute Gasteiger partial charge is 0.497 e. The summed E-state index contributed by atoms with van der Waals surface area (Å²) in [5.41, 5.74) is 4.09. The highest BCUT2D eigenvalue weighted by Crippen LogP contribution is 2.46. The maximum absolute atomic E-state index is 6.14. The molecule has 3 nitrogen and oxygen atoms in total. The van der Waals surface area contributed by atoms with Gasteiger partial charge in [0, 0.05) is 22.0 Å². The lowest BCUT2D eigenvalue weighted by atomic mass is 10.0. The molecule has 2 heterocycles. The van der Waals surface area contributed by atoms with Gasteiger partial charge >= 0.3 is 0 Å². The van der Waals surface area contributed by atoms with Crippen LogP contribution in [0, 0.1) is 0 Å². The van der Waals surface area contributed by atoms with Crippen molar-refractivity contribution in [3.8, 4) is 5.75 Å². The van der Waals surface area contributed by atoms with Crippen LogP contribution in [-0.4, -0.2) is 12.8 Å². The molecule has 3 aromatic carbocycles. The Kier molecular flexibility index (Phi) is 4.41. The Bertz CT molecular complexity index is 1140. The van der Waals surface area contributed by atoms with Gasteiger partial charge in [0.2, 0.25) is 0 Å². The van der Waals surface area contributed by atoms with Gasteiger partial charge in [-0.2, -0.15) is 0 Å². The van der Waals surface area contributed by atoms with Crippen molar-refractivity contribution in [1.29, 1.82) is 0 Å². The zero-order valence-electron chi connectivity index (χ0n) is 15.5. The molecule has 0 radical (unpaired) electrons. The van der Waals surface area contributed by atoms with E-state index in [0.717, 1.165) is 40.3 Å². The van der Waals surface area contributed by atoms with Crippen molar-refractivity contribution in [2.24, 2.45) is 4.99 Å². The number of furan rings is 1. The van der Waals surface area contributed by atoms with Crippen LogP contribution in [-0.2, 0) is 0 Å².